The second-order valence-electron chi connectivity index (χ2n) is 9.82. The molecule has 3 heterocycles. The van der Waals surface area contributed by atoms with Gasteiger partial charge in [-0.15, -0.1) is 10.2 Å². The van der Waals surface area contributed by atoms with E-state index < -0.39 is 0 Å². The van der Waals surface area contributed by atoms with Gasteiger partial charge in [0.15, 0.2) is 0 Å². The summed E-state index contributed by atoms with van der Waals surface area (Å²) >= 11 is 0. The van der Waals surface area contributed by atoms with Crippen molar-refractivity contribution in [1.82, 2.24) is 29.0 Å². The molecule has 0 bridgehead atoms. The molecule has 5 rings (SSSR count). The number of benzene rings is 1. The van der Waals surface area contributed by atoms with Crippen LogP contribution in [0.15, 0.2) is 53.8 Å². The lowest BCUT2D eigenvalue weighted by molar-refractivity contribution is 0.185. The minimum absolute atomic E-state index is 0.0497. The Kier molecular flexibility index (Phi) is 5.16. The summed E-state index contributed by atoms with van der Waals surface area (Å²) in [6.45, 7) is 5.11. The van der Waals surface area contributed by atoms with Gasteiger partial charge in [-0.3, -0.25) is 9.20 Å². The first-order valence-electron chi connectivity index (χ1n) is 11.4. The van der Waals surface area contributed by atoms with E-state index in [1.165, 1.54) is 11.1 Å². The number of aromatic nitrogens is 5. The van der Waals surface area contributed by atoms with Crippen molar-refractivity contribution in [2.75, 3.05) is 14.1 Å². The predicted octanol–water partition coefficient (Wildman–Crippen LogP) is 3.58. The molecule has 0 unspecified atom stereocenters. The number of nitrogens with zero attached hydrogens (tertiary/aromatic N) is 6. The fourth-order valence-electron chi connectivity index (χ4n) is 5.41. The van der Waals surface area contributed by atoms with E-state index in [0.717, 1.165) is 36.3 Å². The van der Waals surface area contributed by atoms with Crippen molar-refractivity contribution < 1.29 is 0 Å². The first-order chi connectivity index (χ1) is 15.8. The van der Waals surface area contributed by atoms with Crippen LogP contribution >= 0.6 is 0 Å². The molecule has 0 atom stereocenters. The Morgan fingerprint density at radius 2 is 2.00 bits per heavy atom. The number of aryl methyl sites for hydroxylation is 2. The van der Waals surface area contributed by atoms with Crippen LogP contribution in [0.5, 0.6) is 0 Å². The summed E-state index contributed by atoms with van der Waals surface area (Å²) in [4.78, 5) is 20.3. The summed E-state index contributed by atoms with van der Waals surface area (Å²) in [7, 11) is 6.07. The third-order valence-corrected chi connectivity index (χ3v) is 6.98. The van der Waals surface area contributed by atoms with E-state index >= 15 is 0 Å². The summed E-state index contributed by atoms with van der Waals surface area (Å²) in [6, 6.07) is 10.3. The van der Waals surface area contributed by atoms with Gasteiger partial charge in [0, 0.05) is 26.0 Å². The van der Waals surface area contributed by atoms with Crippen LogP contribution in [-0.2, 0) is 19.0 Å². The summed E-state index contributed by atoms with van der Waals surface area (Å²) < 4.78 is 3.68. The highest BCUT2D eigenvalue weighted by molar-refractivity contribution is 5.65. The highest BCUT2D eigenvalue weighted by Gasteiger charge is 2.48. The smallest absolute Gasteiger partial charge is 0.265 e. The lowest BCUT2D eigenvalue weighted by Gasteiger charge is -2.46. The fraction of sp³-hybridized carbons (Fsp3) is 0.385. The highest BCUT2D eigenvalue weighted by Crippen LogP contribution is 2.51. The van der Waals surface area contributed by atoms with Crippen LogP contribution in [0.2, 0.25) is 0 Å². The number of rotatable bonds is 5. The first-order valence-corrected chi connectivity index (χ1v) is 11.4. The van der Waals surface area contributed by atoms with Gasteiger partial charge in [-0.1, -0.05) is 25.1 Å². The van der Waals surface area contributed by atoms with Crippen LogP contribution in [0.1, 0.15) is 42.3 Å². The fourth-order valence-corrected chi connectivity index (χ4v) is 5.41. The van der Waals surface area contributed by atoms with E-state index in [1.807, 2.05) is 57.0 Å². The Hall–Kier alpha value is -3.32. The maximum atomic E-state index is 13.5. The molecule has 3 aromatic heterocycles. The van der Waals surface area contributed by atoms with Crippen molar-refractivity contribution in [1.29, 1.82) is 0 Å². The summed E-state index contributed by atoms with van der Waals surface area (Å²) in [6.07, 6.45) is 7.37. The average molecular weight is 443 g/mol. The molecule has 7 heteroatoms. The standard InChI is InChI=1S/C26H30N6O/c1-17-12-26(13-17,25-29-28-16-31(25)5)21-8-6-7-19(11-21)22-14-27-23-18(2)20(15-30(3)4)9-10-32(23)24(22)33/h6-11,14,16-17H,12-13,15H2,1-5H3. The zero-order valence-corrected chi connectivity index (χ0v) is 19.9. The van der Waals surface area contributed by atoms with Gasteiger partial charge in [-0.25, -0.2) is 4.98 Å². The molecule has 1 aliphatic carbocycles. The summed E-state index contributed by atoms with van der Waals surface area (Å²) in [5.41, 5.74) is 5.37. The van der Waals surface area contributed by atoms with Crippen molar-refractivity contribution in [2.45, 2.75) is 38.6 Å². The SMILES string of the molecule is Cc1c(CN(C)C)ccn2c(=O)c(-c3cccc(C4(c5nncn5C)CC(C)C4)c3)cnc12. The monoisotopic (exact) mass is 442 g/mol. The lowest BCUT2D eigenvalue weighted by atomic mass is 9.58. The molecule has 1 saturated carbocycles. The van der Waals surface area contributed by atoms with Crippen LogP contribution in [0.25, 0.3) is 16.8 Å². The van der Waals surface area contributed by atoms with Crippen molar-refractivity contribution in [2.24, 2.45) is 13.0 Å². The molecule has 0 spiro atoms. The molecule has 0 radical (unpaired) electrons. The second-order valence-corrected chi connectivity index (χ2v) is 9.82. The first kappa shape index (κ1) is 21.5. The third kappa shape index (κ3) is 3.47. The molecule has 0 N–H and O–H groups in total. The molecular formula is C26H30N6O. The molecule has 1 aromatic carbocycles. The summed E-state index contributed by atoms with van der Waals surface area (Å²) in [5, 5.41) is 8.58. The molecule has 170 valence electrons. The van der Waals surface area contributed by atoms with Crippen LogP contribution in [-0.4, -0.2) is 43.1 Å². The molecule has 7 nitrogen and oxygen atoms in total. The van der Waals surface area contributed by atoms with Gasteiger partial charge >= 0.3 is 0 Å². The van der Waals surface area contributed by atoms with Gasteiger partial charge in [0.25, 0.3) is 5.56 Å². The van der Waals surface area contributed by atoms with E-state index in [-0.39, 0.29) is 11.0 Å². The van der Waals surface area contributed by atoms with Gasteiger partial charge in [0.2, 0.25) is 0 Å². The zero-order valence-electron chi connectivity index (χ0n) is 19.9. The van der Waals surface area contributed by atoms with Crippen LogP contribution in [0, 0.1) is 12.8 Å². The topological polar surface area (TPSA) is 68.3 Å². The Morgan fingerprint density at radius 3 is 2.67 bits per heavy atom. The lowest BCUT2D eigenvalue weighted by Crippen LogP contribution is -2.43. The van der Waals surface area contributed by atoms with Crippen LogP contribution < -0.4 is 5.56 Å². The zero-order chi connectivity index (χ0) is 23.3. The Morgan fingerprint density at radius 1 is 1.21 bits per heavy atom. The predicted molar refractivity (Wildman–Crippen MR) is 129 cm³/mol. The van der Waals surface area contributed by atoms with Crippen molar-refractivity contribution >= 4 is 5.65 Å². The molecule has 1 fully saturated rings. The van der Waals surface area contributed by atoms with Gasteiger partial charge in [-0.05, 0) is 74.2 Å². The Balaban J connectivity index is 1.60. The Bertz CT molecular complexity index is 1390. The van der Waals surface area contributed by atoms with Gasteiger partial charge in [0.1, 0.15) is 17.8 Å². The maximum Gasteiger partial charge on any atom is 0.265 e. The Labute approximate surface area is 193 Å². The van der Waals surface area contributed by atoms with Crippen LogP contribution in [0.4, 0.5) is 0 Å². The molecule has 0 saturated heterocycles. The molecule has 33 heavy (non-hydrogen) atoms. The molecule has 0 aliphatic heterocycles. The largest absolute Gasteiger partial charge is 0.320 e. The molecule has 1 aliphatic rings. The van der Waals surface area contributed by atoms with E-state index in [1.54, 1.807) is 16.9 Å². The minimum atomic E-state index is -0.168. The third-order valence-electron chi connectivity index (χ3n) is 6.98. The number of hydrogen-bond donors (Lipinski definition) is 0. The number of hydrogen-bond acceptors (Lipinski definition) is 5. The second kappa shape index (κ2) is 7.92. The van der Waals surface area contributed by atoms with Gasteiger partial charge in [0.05, 0.1) is 11.0 Å². The number of pyridine rings is 1. The van der Waals surface area contributed by atoms with Crippen LogP contribution in [0.3, 0.4) is 0 Å². The number of fused-ring (bicyclic) bond motifs is 1. The maximum absolute atomic E-state index is 13.5. The average Bonchev–Trinajstić information content (AvgIpc) is 3.19. The van der Waals surface area contributed by atoms with Gasteiger partial charge in [-0.2, -0.15) is 0 Å². The van der Waals surface area contributed by atoms with E-state index in [2.05, 4.69) is 34.2 Å². The van der Waals surface area contributed by atoms with Crippen molar-refractivity contribution in [3.63, 3.8) is 0 Å². The highest BCUT2D eigenvalue weighted by atomic mass is 16.1. The molecule has 4 aromatic rings. The van der Waals surface area contributed by atoms with E-state index in [9.17, 15) is 4.79 Å². The minimum Gasteiger partial charge on any atom is -0.320 e. The van der Waals surface area contributed by atoms with Crippen molar-refractivity contribution in [3.8, 4) is 11.1 Å². The molecule has 0 amide bonds. The summed E-state index contributed by atoms with van der Waals surface area (Å²) in [5.74, 6) is 1.60. The normalized spacial score (nSPS) is 20.4. The quantitative estimate of drug-likeness (QED) is 0.473. The molecular weight excluding hydrogens is 412 g/mol. The van der Waals surface area contributed by atoms with Crippen molar-refractivity contribution in [3.05, 3.63) is 81.9 Å². The van der Waals surface area contributed by atoms with Gasteiger partial charge < -0.3 is 9.47 Å². The van der Waals surface area contributed by atoms with E-state index in [0.29, 0.717) is 17.1 Å². The van der Waals surface area contributed by atoms with E-state index in [4.69, 9.17) is 4.98 Å².